The summed E-state index contributed by atoms with van der Waals surface area (Å²) in [6.45, 7) is 3.77. The molecule has 0 aliphatic heterocycles. The molecule has 1 aromatic heterocycles. The van der Waals surface area contributed by atoms with Crippen LogP contribution < -0.4 is 5.32 Å². The first-order chi connectivity index (χ1) is 7.04. The van der Waals surface area contributed by atoms with Gasteiger partial charge in [-0.15, -0.1) is 0 Å². The summed E-state index contributed by atoms with van der Waals surface area (Å²) < 4.78 is 4.74. The van der Waals surface area contributed by atoms with E-state index in [2.05, 4.69) is 5.32 Å². The number of nitrogens with zero attached hydrogens (tertiary/aromatic N) is 1. The van der Waals surface area contributed by atoms with Crippen LogP contribution in [0.5, 0.6) is 0 Å². The third-order valence-electron chi connectivity index (χ3n) is 1.99. The van der Waals surface area contributed by atoms with Gasteiger partial charge in [-0.1, -0.05) is 6.92 Å². The lowest BCUT2D eigenvalue weighted by Crippen LogP contribution is -2.31. The number of carbonyl (C=O) groups is 1. The molecule has 1 atom stereocenters. The Morgan fingerprint density at radius 2 is 2.33 bits per heavy atom. The summed E-state index contributed by atoms with van der Waals surface area (Å²) >= 11 is 0. The molecule has 0 saturated heterocycles. The highest BCUT2D eigenvalue weighted by molar-refractivity contribution is 5.91. The second kappa shape index (κ2) is 4.59. The van der Waals surface area contributed by atoms with Gasteiger partial charge < -0.3 is 9.73 Å². The van der Waals surface area contributed by atoms with Crippen LogP contribution >= 0.6 is 0 Å². The van der Waals surface area contributed by atoms with E-state index in [1.165, 1.54) is 6.07 Å². The fraction of sp³-hybridized carbons (Fsp3) is 0.444. The van der Waals surface area contributed by atoms with Gasteiger partial charge in [0, 0.05) is 6.04 Å². The molecule has 1 heterocycles. The maximum absolute atomic E-state index is 11.4. The number of amides is 1. The first-order valence-electron chi connectivity index (χ1n) is 4.59. The largest absolute Gasteiger partial charge is 0.433 e. The van der Waals surface area contributed by atoms with Crippen LogP contribution in [0.1, 0.15) is 30.8 Å². The van der Waals surface area contributed by atoms with Crippen molar-refractivity contribution >= 4 is 11.8 Å². The van der Waals surface area contributed by atoms with E-state index >= 15 is 0 Å². The zero-order valence-corrected chi connectivity index (χ0v) is 8.52. The Balaban J connectivity index is 2.70. The molecule has 0 bridgehead atoms. The predicted octanol–water partition coefficient (Wildman–Crippen LogP) is 1.72. The minimum Gasteiger partial charge on any atom is -0.395 e. The van der Waals surface area contributed by atoms with Gasteiger partial charge in [-0.2, -0.15) is 0 Å². The van der Waals surface area contributed by atoms with Gasteiger partial charge in [-0.3, -0.25) is 14.9 Å². The van der Waals surface area contributed by atoms with Crippen molar-refractivity contribution in [2.45, 2.75) is 26.3 Å². The molecule has 1 N–H and O–H groups in total. The van der Waals surface area contributed by atoms with Crippen LogP contribution in [0.3, 0.4) is 0 Å². The molecular weight excluding hydrogens is 200 g/mol. The molecule has 1 aromatic rings. The van der Waals surface area contributed by atoms with Crippen molar-refractivity contribution in [1.82, 2.24) is 5.32 Å². The van der Waals surface area contributed by atoms with Crippen molar-refractivity contribution < 1.29 is 14.1 Å². The van der Waals surface area contributed by atoms with Crippen molar-refractivity contribution in [3.63, 3.8) is 0 Å². The number of hydrogen-bond donors (Lipinski definition) is 1. The van der Waals surface area contributed by atoms with E-state index < -0.39 is 16.7 Å². The average molecular weight is 212 g/mol. The monoisotopic (exact) mass is 212 g/mol. The van der Waals surface area contributed by atoms with Crippen LogP contribution in [0.25, 0.3) is 0 Å². The molecule has 0 unspecified atom stereocenters. The van der Waals surface area contributed by atoms with Gasteiger partial charge >= 0.3 is 5.88 Å². The first-order valence-corrected chi connectivity index (χ1v) is 4.59. The third kappa shape index (κ3) is 2.80. The van der Waals surface area contributed by atoms with Gasteiger partial charge in [0.1, 0.15) is 4.92 Å². The molecule has 0 saturated carbocycles. The lowest BCUT2D eigenvalue weighted by Gasteiger charge is -2.08. The van der Waals surface area contributed by atoms with Crippen molar-refractivity contribution in [1.29, 1.82) is 0 Å². The van der Waals surface area contributed by atoms with Gasteiger partial charge in [-0.05, 0) is 19.4 Å². The van der Waals surface area contributed by atoms with Gasteiger partial charge in [-0.25, -0.2) is 0 Å². The summed E-state index contributed by atoms with van der Waals surface area (Å²) in [7, 11) is 0. The molecule has 1 rings (SSSR count). The number of carbonyl (C=O) groups excluding carboxylic acids is 1. The fourth-order valence-electron chi connectivity index (χ4n) is 0.945. The SMILES string of the molecule is CC[C@H](C)NC(=O)c1ccc([N+](=O)[O-])o1. The van der Waals surface area contributed by atoms with Crippen LogP contribution in [-0.2, 0) is 0 Å². The normalized spacial score (nSPS) is 12.1. The van der Waals surface area contributed by atoms with Crippen molar-refractivity contribution in [3.8, 4) is 0 Å². The van der Waals surface area contributed by atoms with Crippen LogP contribution in [0.15, 0.2) is 16.5 Å². The summed E-state index contributed by atoms with van der Waals surface area (Å²) in [6, 6.07) is 2.46. The van der Waals surface area contributed by atoms with E-state index in [1.54, 1.807) is 0 Å². The smallest absolute Gasteiger partial charge is 0.395 e. The summed E-state index contributed by atoms with van der Waals surface area (Å²) in [4.78, 5) is 21.0. The number of hydrogen-bond acceptors (Lipinski definition) is 4. The second-order valence-corrected chi connectivity index (χ2v) is 3.18. The van der Waals surface area contributed by atoms with Crippen LogP contribution in [-0.4, -0.2) is 16.9 Å². The summed E-state index contributed by atoms with van der Waals surface area (Å²) in [5.41, 5.74) is 0. The van der Waals surface area contributed by atoms with Crippen LogP contribution in [0.4, 0.5) is 5.88 Å². The van der Waals surface area contributed by atoms with E-state index in [4.69, 9.17) is 4.42 Å². The molecule has 0 spiro atoms. The van der Waals surface area contributed by atoms with Gasteiger partial charge in [0.2, 0.25) is 0 Å². The molecule has 6 nitrogen and oxygen atoms in total. The Bertz CT molecular complexity index is 372. The molecular formula is C9H12N2O4. The van der Waals surface area contributed by atoms with Crippen LogP contribution in [0, 0.1) is 10.1 Å². The van der Waals surface area contributed by atoms with E-state index in [1.807, 2.05) is 13.8 Å². The van der Waals surface area contributed by atoms with E-state index in [9.17, 15) is 14.9 Å². The molecule has 1 amide bonds. The molecule has 15 heavy (non-hydrogen) atoms. The van der Waals surface area contributed by atoms with Crippen molar-refractivity contribution in [2.24, 2.45) is 0 Å². The fourth-order valence-corrected chi connectivity index (χ4v) is 0.945. The predicted molar refractivity (Wildman–Crippen MR) is 52.6 cm³/mol. The Kier molecular flexibility index (Phi) is 3.43. The van der Waals surface area contributed by atoms with Gasteiger partial charge in [0.25, 0.3) is 5.91 Å². The molecule has 0 aliphatic carbocycles. The third-order valence-corrected chi connectivity index (χ3v) is 1.99. The van der Waals surface area contributed by atoms with Crippen molar-refractivity contribution in [2.75, 3.05) is 0 Å². The quantitative estimate of drug-likeness (QED) is 0.608. The Hall–Kier alpha value is -1.85. The average Bonchev–Trinajstić information content (AvgIpc) is 2.66. The zero-order valence-electron chi connectivity index (χ0n) is 8.52. The molecule has 0 aromatic carbocycles. The first kappa shape index (κ1) is 11.2. The van der Waals surface area contributed by atoms with E-state index in [0.717, 1.165) is 12.5 Å². The Labute approximate surface area is 86.4 Å². The van der Waals surface area contributed by atoms with Crippen LogP contribution in [0.2, 0.25) is 0 Å². The van der Waals surface area contributed by atoms with Gasteiger partial charge in [0.15, 0.2) is 5.76 Å². The number of nitrogens with one attached hydrogen (secondary N) is 1. The molecule has 0 aliphatic rings. The molecule has 0 fully saturated rings. The van der Waals surface area contributed by atoms with E-state index in [0.29, 0.717) is 0 Å². The summed E-state index contributed by atoms with van der Waals surface area (Å²) in [5.74, 6) is -0.899. The Morgan fingerprint density at radius 1 is 1.67 bits per heavy atom. The topological polar surface area (TPSA) is 85.4 Å². The zero-order chi connectivity index (χ0) is 11.4. The van der Waals surface area contributed by atoms with Crippen molar-refractivity contribution in [3.05, 3.63) is 28.0 Å². The lowest BCUT2D eigenvalue weighted by atomic mass is 10.2. The molecule has 0 radical (unpaired) electrons. The number of rotatable bonds is 4. The maximum Gasteiger partial charge on any atom is 0.433 e. The summed E-state index contributed by atoms with van der Waals surface area (Å²) in [5, 5.41) is 12.9. The standard InChI is InChI=1S/C9H12N2O4/c1-3-6(2)10-9(12)7-4-5-8(15-7)11(13)14/h4-6H,3H2,1-2H3,(H,10,12)/t6-/m0/s1. The minimum atomic E-state index is -0.681. The highest BCUT2D eigenvalue weighted by Crippen LogP contribution is 2.15. The molecule has 82 valence electrons. The summed E-state index contributed by atoms with van der Waals surface area (Å²) in [6.07, 6.45) is 0.786. The Morgan fingerprint density at radius 3 is 2.80 bits per heavy atom. The maximum atomic E-state index is 11.4. The molecule has 6 heteroatoms. The second-order valence-electron chi connectivity index (χ2n) is 3.18. The highest BCUT2D eigenvalue weighted by atomic mass is 16.6. The number of furan rings is 1. The van der Waals surface area contributed by atoms with Gasteiger partial charge in [0.05, 0.1) is 6.07 Å². The minimum absolute atomic E-state index is 0.0154. The lowest BCUT2D eigenvalue weighted by molar-refractivity contribution is -0.402. The van der Waals surface area contributed by atoms with E-state index in [-0.39, 0.29) is 11.8 Å². The number of nitro groups is 1. The highest BCUT2D eigenvalue weighted by Gasteiger charge is 2.17.